The summed E-state index contributed by atoms with van der Waals surface area (Å²) in [7, 11) is 1.35. The predicted octanol–water partition coefficient (Wildman–Crippen LogP) is 2.12. The van der Waals surface area contributed by atoms with E-state index in [-0.39, 0.29) is 24.5 Å². The lowest BCUT2D eigenvalue weighted by Crippen LogP contribution is -2.45. The smallest absolute Gasteiger partial charge is 0.410 e. The van der Waals surface area contributed by atoms with Crippen LogP contribution in [0.1, 0.15) is 33.6 Å². The Hall–Kier alpha value is -1.52. The van der Waals surface area contributed by atoms with Crippen LogP contribution in [-0.4, -0.2) is 42.3 Å². The molecule has 0 saturated heterocycles. The van der Waals surface area contributed by atoms with Crippen molar-refractivity contribution in [2.45, 2.75) is 45.3 Å². The lowest BCUT2D eigenvalue weighted by molar-refractivity contribution is -0.141. The van der Waals surface area contributed by atoms with Gasteiger partial charge in [-0.15, -0.1) is 0 Å². The molecule has 0 bridgehead atoms. The number of methoxy groups -OCH3 is 1. The van der Waals surface area contributed by atoms with Crippen LogP contribution in [0.2, 0.25) is 0 Å². The maximum absolute atomic E-state index is 12.0. The van der Waals surface area contributed by atoms with Crippen LogP contribution in [0.15, 0.2) is 12.2 Å². The van der Waals surface area contributed by atoms with Gasteiger partial charge in [-0.1, -0.05) is 12.2 Å². The summed E-state index contributed by atoms with van der Waals surface area (Å²) >= 11 is 0. The molecule has 1 amide bonds. The zero-order valence-electron chi connectivity index (χ0n) is 11.4. The Labute approximate surface area is 108 Å². The third-order valence-electron chi connectivity index (χ3n) is 2.58. The molecule has 18 heavy (non-hydrogen) atoms. The molecular formula is C13H21NO4. The normalized spacial score (nSPS) is 19.6. The van der Waals surface area contributed by atoms with E-state index in [9.17, 15) is 9.59 Å². The van der Waals surface area contributed by atoms with Gasteiger partial charge in [-0.2, -0.15) is 0 Å². The number of amides is 1. The molecule has 1 atom stereocenters. The van der Waals surface area contributed by atoms with Gasteiger partial charge in [-0.3, -0.25) is 4.79 Å². The van der Waals surface area contributed by atoms with Gasteiger partial charge in [0.05, 0.1) is 13.5 Å². The molecule has 0 saturated carbocycles. The van der Waals surface area contributed by atoms with Gasteiger partial charge in [-0.25, -0.2) is 4.79 Å². The topological polar surface area (TPSA) is 55.8 Å². The zero-order valence-corrected chi connectivity index (χ0v) is 11.4. The molecule has 0 aliphatic carbocycles. The summed E-state index contributed by atoms with van der Waals surface area (Å²) < 4.78 is 9.96. The van der Waals surface area contributed by atoms with Crippen LogP contribution in [0, 0.1) is 0 Å². The first-order valence-electron chi connectivity index (χ1n) is 6.05. The van der Waals surface area contributed by atoms with Crippen molar-refractivity contribution in [2.75, 3.05) is 13.7 Å². The predicted molar refractivity (Wildman–Crippen MR) is 67.1 cm³/mol. The molecule has 5 nitrogen and oxygen atoms in total. The number of ether oxygens (including phenoxy) is 2. The van der Waals surface area contributed by atoms with E-state index in [4.69, 9.17) is 4.74 Å². The van der Waals surface area contributed by atoms with Crippen molar-refractivity contribution in [1.29, 1.82) is 0 Å². The lowest BCUT2D eigenvalue weighted by atomic mass is 10.1. The van der Waals surface area contributed by atoms with E-state index in [0.717, 1.165) is 0 Å². The summed E-state index contributed by atoms with van der Waals surface area (Å²) in [6, 6.07) is -0.183. The molecule has 0 aromatic heterocycles. The van der Waals surface area contributed by atoms with Crippen LogP contribution >= 0.6 is 0 Å². The maximum Gasteiger partial charge on any atom is 0.410 e. The molecular weight excluding hydrogens is 234 g/mol. The fourth-order valence-electron chi connectivity index (χ4n) is 1.73. The van der Waals surface area contributed by atoms with Crippen LogP contribution in [-0.2, 0) is 14.3 Å². The van der Waals surface area contributed by atoms with Crippen LogP contribution in [0.4, 0.5) is 4.79 Å². The number of carbonyl (C=O) groups is 2. The van der Waals surface area contributed by atoms with Gasteiger partial charge < -0.3 is 14.4 Å². The summed E-state index contributed by atoms with van der Waals surface area (Å²) in [5.74, 6) is -0.316. The molecule has 102 valence electrons. The van der Waals surface area contributed by atoms with Gasteiger partial charge >= 0.3 is 12.1 Å². The van der Waals surface area contributed by atoms with Gasteiger partial charge in [0.2, 0.25) is 0 Å². The van der Waals surface area contributed by atoms with Crippen LogP contribution < -0.4 is 0 Å². The van der Waals surface area contributed by atoms with Gasteiger partial charge in [0.25, 0.3) is 0 Å². The zero-order chi connectivity index (χ0) is 13.8. The van der Waals surface area contributed by atoms with Crippen molar-refractivity contribution in [3.63, 3.8) is 0 Å². The third-order valence-corrected chi connectivity index (χ3v) is 2.58. The number of esters is 1. The fourth-order valence-corrected chi connectivity index (χ4v) is 1.73. The number of nitrogens with zero attached hydrogens (tertiary/aromatic N) is 1. The van der Waals surface area contributed by atoms with E-state index in [0.29, 0.717) is 13.0 Å². The Kier molecular flexibility index (Phi) is 4.76. The summed E-state index contributed by atoms with van der Waals surface area (Å²) in [4.78, 5) is 24.9. The Morgan fingerprint density at radius 1 is 1.33 bits per heavy atom. The van der Waals surface area contributed by atoms with Gasteiger partial charge in [0.15, 0.2) is 0 Å². The standard InChI is InChI=1S/C13H21NO4/c1-13(2,3)18-12(16)14-8-6-5-7-10(14)9-11(15)17-4/h5-6,10H,7-9H2,1-4H3. The first-order chi connectivity index (χ1) is 8.33. The quantitative estimate of drug-likeness (QED) is 0.560. The van der Waals surface area contributed by atoms with E-state index >= 15 is 0 Å². The highest BCUT2D eigenvalue weighted by Crippen LogP contribution is 2.19. The van der Waals surface area contributed by atoms with E-state index < -0.39 is 5.60 Å². The number of carbonyl (C=O) groups excluding carboxylic acids is 2. The molecule has 0 N–H and O–H groups in total. The fraction of sp³-hybridized carbons (Fsp3) is 0.692. The minimum absolute atomic E-state index is 0.183. The van der Waals surface area contributed by atoms with E-state index in [1.54, 1.807) is 4.90 Å². The van der Waals surface area contributed by atoms with Crippen molar-refractivity contribution in [3.05, 3.63) is 12.2 Å². The number of hydrogen-bond acceptors (Lipinski definition) is 4. The molecule has 5 heteroatoms. The highest BCUT2D eigenvalue weighted by atomic mass is 16.6. The molecule has 1 rings (SSSR count). The minimum atomic E-state index is -0.534. The lowest BCUT2D eigenvalue weighted by Gasteiger charge is -2.33. The Bertz CT molecular complexity index is 343. The summed E-state index contributed by atoms with van der Waals surface area (Å²) in [6.07, 6.45) is 4.32. The molecule has 0 aromatic rings. The Balaban J connectivity index is 2.68. The van der Waals surface area contributed by atoms with Crippen molar-refractivity contribution < 1.29 is 19.1 Å². The molecule has 1 heterocycles. The van der Waals surface area contributed by atoms with Crippen LogP contribution in [0.5, 0.6) is 0 Å². The average Bonchev–Trinajstić information content (AvgIpc) is 2.27. The molecule has 0 spiro atoms. The second-order valence-electron chi connectivity index (χ2n) is 5.27. The van der Waals surface area contributed by atoms with Crippen molar-refractivity contribution in [2.24, 2.45) is 0 Å². The molecule has 1 unspecified atom stereocenters. The number of hydrogen-bond donors (Lipinski definition) is 0. The van der Waals surface area contributed by atoms with E-state index in [2.05, 4.69) is 4.74 Å². The van der Waals surface area contributed by atoms with Crippen LogP contribution in [0.25, 0.3) is 0 Å². The minimum Gasteiger partial charge on any atom is -0.469 e. The summed E-state index contributed by atoms with van der Waals surface area (Å²) in [6.45, 7) is 5.93. The largest absolute Gasteiger partial charge is 0.469 e. The second-order valence-corrected chi connectivity index (χ2v) is 5.27. The highest BCUT2D eigenvalue weighted by molar-refractivity contribution is 5.73. The first kappa shape index (κ1) is 14.5. The Morgan fingerprint density at radius 2 is 2.00 bits per heavy atom. The molecule has 0 fully saturated rings. The first-order valence-corrected chi connectivity index (χ1v) is 6.05. The third kappa shape index (κ3) is 4.39. The van der Waals surface area contributed by atoms with Crippen molar-refractivity contribution in [1.82, 2.24) is 4.90 Å². The van der Waals surface area contributed by atoms with Gasteiger partial charge in [-0.05, 0) is 27.2 Å². The van der Waals surface area contributed by atoms with Crippen molar-refractivity contribution >= 4 is 12.1 Å². The highest BCUT2D eigenvalue weighted by Gasteiger charge is 2.30. The molecule has 0 radical (unpaired) electrons. The summed E-state index contributed by atoms with van der Waals surface area (Å²) in [5, 5.41) is 0. The second kappa shape index (κ2) is 5.89. The SMILES string of the molecule is COC(=O)CC1CC=CCN1C(=O)OC(C)(C)C. The summed E-state index contributed by atoms with van der Waals surface area (Å²) in [5.41, 5.74) is -0.534. The monoisotopic (exact) mass is 255 g/mol. The average molecular weight is 255 g/mol. The van der Waals surface area contributed by atoms with Crippen LogP contribution in [0.3, 0.4) is 0 Å². The van der Waals surface area contributed by atoms with E-state index in [1.165, 1.54) is 7.11 Å². The molecule has 0 aromatic carbocycles. The van der Waals surface area contributed by atoms with Gasteiger partial charge in [0.1, 0.15) is 5.60 Å². The van der Waals surface area contributed by atoms with Gasteiger partial charge in [0, 0.05) is 12.6 Å². The maximum atomic E-state index is 12.0. The number of rotatable bonds is 2. The van der Waals surface area contributed by atoms with Crippen molar-refractivity contribution in [3.8, 4) is 0 Å². The molecule has 1 aliphatic heterocycles. The Morgan fingerprint density at radius 3 is 2.56 bits per heavy atom. The van der Waals surface area contributed by atoms with E-state index in [1.807, 2.05) is 32.9 Å². The molecule has 1 aliphatic rings.